The van der Waals surface area contributed by atoms with Crippen molar-refractivity contribution in [1.29, 1.82) is 0 Å². The molecule has 0 saturated carbocycles. The van der Waals surface area contributed by atoms with Gasteiger partial charge in [-0.15, -0.1) is 11.3 Å². The number of hydrogen-bond acceptors (Lipinski definition) is 3. The molecule has 0 saturated heterocycles. The Morgan fingerprint density at radius 2 is 1.26 bits per heavy atom. The van der Waals surface area contributed by atoms with E-state index in [4.69, 9.17) is 4.42 Å². The third-order valence-electron chi connectivity index (χ3n) is 17.4. The molecule has 2 aliphatic carbocycles. The lowest BCUT2D eigenvalue weighted by Gasteiger charge is -2.42. The molecule has 2 aliphatic heterocycles. The number of thiophene rings is 1. The molecule has 0 radical (unpaired) electrons. The van der Waals surface area contributed by atoms with E-state index < -0.39 is 0 Å². The topological polar surface area (TPSA) is 21.3 Å². The molecule has 0 bridgehead atoms. The van der Waals surface area contributed by atoms with E-state index in [0.717, 1.165) is 21.9 Å². The van der Waals surface area contributed by atoms with Crippen LogP contribution in [0.4, 0.5) is 11.4 Å². The third kappa shape index (κ3) is 4.86. The molecule has 3 nitrogen and oxygen atoms in total. The van der Waals surface area contributed by atoms with Gasteiger partial charge in [-0.1, -0.05) is 135 Å². The Bertz CT molecular complexity index is 4110. The number of furan rings is 1. The van der Waals surface area contributed by atoms with Crippen LogP contribution >= 0.6 is 11.3 Å². The summed E-state index contributed by atoms with van der Waals surface area (Å²) in [5, 5.41) is 7.70. The Balaban J connectivity index is 1.10. The SMILES string of the molecule is CC(C)(C)c1ccc(N2B3c4cc5oc6ccccc6c5cc4-n4c5ccc6c(c5c5ccc(c3c54)-c3cc4sc5cc7c(cc5c4cc32)C(C)(C)CCC7(C)C)-c2ccccc2C6(C)C)cc1. The second-order valence-corrected chi connectivity index (χ2v) is 24.6. The monoisotopic (exact) mass is 896 g/mol. The highest BCUT2D eigenvalue weighted by molar-refractivity contribution is 7.25. The highest BCUT2D eigenvalue weighted by atomic mass is 32.1. The van der Waals surface area contributed by atoms with Crippen molar-refractivity contribution < 1.29 is 4.42 Å². The molecule has 0 unspecified atom stereocenters. The van der Waals surface area contributed by atoms with E-state index in [-0.39, 0.29) is 28.5 Å². The van der Waals surface area contributed by atoms with Crippen molar-refractivity contribution in [3.8, 4) is 27.9 Å². The van der Waals surface area contributed by atoms with Crippen LogP contribution in [0, 0.1) is 0 Å². The molecule has 3 aromatic heterocycles. The summed E-state index contributed by atoms with van der Waals surface area (Å²) in [6.45, 7) is 21.4. The molecule has 330 valence electrons. The van der Waals surface area contributed by atoms with E-state index >= 15 is 0 Å². The fourth-order valence-electron chi connectivity index (χ4n) is 13.6. The van der Waals surface area contributed by atoms with Crippen LogP contribution in [-0.2, 0) is 21.7 Å². The lowest BCUT2D eigenvalue weighted by molar-refractivity contribution is 0.332. The normalized spacial score (nSPS) is 17.1. The van der Waals surface area contributed by atoms with Gasteiger partial charge >= 0.3 is 6.85 Å². The zero-order chi connectivity index (χ0) is 46.1. The first-order valence-electron chi connectivity index (χ1n) is 24.7. The zero-order valence-electron chi connectivity index (χ0n) is 40.4. The molecule has 15 rings (SSSR count). The summed E-state index contributed by atoms with van der Waals surface area (Å²) < 4.78 is 12.2. The summed E-state index contributed by atoms with van der Waals surface area (Å²) in [6.07, 6.45) is 2.40. The Morgan fingerprint density at radius 1 is 0.559 bits per heavy atom. The highest BCUT2D eigenvalue weighted by Gasteiger charge is 2.46. The molecule has 0 spiro atoms. The second kappa shape index (κ2) is 12.6. The van der Waals surface area contributed by atoms with Crippen molar-refractivity contribution in [2.75, 3.05) is 4.81 Å². The van der Waals surface area contributed by atoms with Crippen LogP contribution in [0.2, 0.25) is 0 Å². The number of para-hydroxylation sites is 1. The largest absolute Gasteiger partial charge is 0.456 e. The van der Waals surface area contributed by atoms with Gasteiger partial charge in [0.15, 0.2) is 0 Å². The summed E-state index contributed by atoms with van der Waals surface area (Å²) in [4.78, 5) is 2.70. The Labute approximate surface area is 402 Å². The number of hydrogen-bond donors (Lipinski definition) is 0. The van der Waals surface area contributed by atoms with Crippen LogP contribution in [0.15, 0.2) is 138 Å². The molecule has 5 heteroatoms. The molecule has 0 fully saturated rings. The third-order valence-corrected chi connectivity index (χ3v) is 18.5. The van der Waals surface area contributed by atoms with Crippen LogP contribution in [0.1, 0.15) is 103 Å². The van der Waals surface area contributed by atoms with Crippen molar-refractivity contribution >= 4 is 104 Å². The second-order valence-electron chi connectivity index (χ2n) is 23.5. The summed E-state index contributed by atoms with van der Waals surface area (Å²) >= 11 is 1.97. The van der Waals surface area contributed by atoms with Gasteiger partial charge in [0.25, 0.3) is 0 Å². The zero-order valence-corrected chi connectivity index (χ0v) is 41.2. The van der Waals surface area contributed by atoms with Gasteiger partial charge in [0.1, 0.15) is 11.2 Å². The molecule has 4 aliphatic rings. The first-order valence-corrected chi connectivity index (χ1v) is 25.6. The Morgan fingerprint density at radius 3 is 2.06 bits per heavy atom. The standard InChI is InChI=1S/C63H53BN2OS/c1-60(2,3)34-18-20-35(21-19-34)66-50-30-43-42-28-46-47(62(6,7)27-26-61(46,4)5)32-55(42)68-54(43)31-40(50)37-22-23-39-57-49(25-24-45-56(57)38-15-10-12-16-44(38)63(45,8)9)65-51-29-41-36-14-11-13-17-52(36)67-53(41)33-48(51)64(66)58(37)59(39)65/h10-25,28-33H,26-27H2,1-9H3. The lowest BCUT2D eigenvalue weighted by Crippen LogP contribution is -2.60. The first kappa shape index (κ1) is 39.4. The first-order chi connectivity index (χ1) is 32.6. The van der Waals surface area contributed by atoms with E-state index in [1.165, 1.54) is 133 Å². The van der Waals surface area contributed by atoms with Crippen molar-refractivity contribution in [3.05, 3.63) is 161 Å². The molecule has 0 atom stereocenters. The van der Waals surface area contributed by atoms with Crippen molar-refractivity contribution in [3.63, 3.8) is 0 Å². The predicted molar refractivity (Wildman–Crippen MR) is 292 cm³/mol. The van der Waals surface area contributed by atoms with Gasteiger partial charge in [-0.3, -0.25) is 0 Å². The number of anilines is 2. The molecule has 0 N–H and O–H groups in total. The minimum absolute atomic E-state index is 0.0268. The van der Waals surface area contributed by atoms with E-state index in [1.807, 2.05) is 11.3 Å². The van der Waals surface area contributed by atoms with Crippen LogP contribution in [0.3, 0.4) is 0 Å². The van der Waals surface area contributed by atoms with Gasteiger partial charge in [-0.2, -0.15) is 0 Å². The average molecular weight is 897 g/mol. The minimum Gasteiger partial charge on any atom is -0.456 e. The van der Waals surface area contributed by atoms with Crippen molar-refractivity contribution in [1.82, 2.24) is 4.57 Å². The van der Waals surface area contributed by atoms with Crippen LogP contribution < -0.4 is 15.7 Å². The van der Waals surface area contributed by atoms with Crippen molar-refractivity contribution in [2.45, 2.75) is 96.8 Å². The average Bonchev–Trinajstić information content (AvgIpc) is 4.04. The minimum atomic E-state index is -0.127. The van der Waals surface area contributed by atoms with Crippen LogP contribution in [0.25, 0.3) is 91.9 Å². The molecule has 8 aromatic carbocycles. The predicted octanol–water partition coefficient (Wildman–Crippen LogP) is 16.2. The maximum Gasteiger partial charge on any atom is 0.333 e. The summed E-state index contributed by atoms with van der Waals surface area (Å²) in [5.74, 6) is 0. The van der Waals surface area contributed by atoms with Gasteiger partial charge in [-0.05, 0) is 145 Å². The number of fused-ring (bicyclic) bond motifs is 19. The van der Waals surface area contributed by atoms with E-state index in [1.54, 1.807) is 0 Å². The van der Waals surface area contributed by atoms with Crippen LogP contribution in [-0.4, -0.2) is 11.4 Å². The smallest absolute Gasteiger partial charge is 0.333 e. The van der Waals surface area contributed by atoms with E-state index in [2.05, 4.69) is 205 Å². The van der Waals surface area contributed by atoms with Gasteiger partial charge in [0.2, 0.25) is 0 Å². The Kier molecular flexibility index (Phi) is 7.28. The van der Waals surface area contributed by atoms with Gasteiger partial charge in [0, 0.05) is 69.8 Å². The molecule has 68 heavy (non-hydrogen) atoms. The maximum atomic E-state index is 6.82. The number of benzene rings is 8. The Hall–Kier alpha value is -6.56. The van der Waals surface area contributed by atoms with Gasteiger partial charge in [-0.25, -0.2) is 0 Å². The van der Waals surface area contributed by atoms with Gasteiger partial charge in [0.05, 0.1) is 11.0 Å². The van der Waals surface area contributed by atoms with Crippen molar-refractivity contribution in [2.24, 2.45) is 0 Å². The fourth-order valence-corrected chi connectivity index (χ4v) is 14.8. The van der Waals surface area contributed by atoms with Gasteiger partial charge < -0.3 is 13.8 Å². The molecule has 11 aromatic rings. The number of aromatic nitrogens is 1. The van der Waals surface area contributed by atoms with Crippen LogP contribution in [0.5, 0.6) is 0 Å². The fraction of sp³-hybridized carbons (Fsp3) is 0.238. The number of rotatable bonds is 1. The molecule has 5 heterocycles. The molecular formula is C63H53BN2OS. The summed E-state index contributed by atoms with van der Waals surface area (Å²) in [6, 6.07) is 52.1. The van der Waals surface area contributed by atoms with E-state index in [9.17, 15) is 0 Å². The quantitative estimate of drug-likeness (QED) is 0.153. The van der Waals surface area contributed by atoms with E-state index in [0.29, 0.717) is 0 Å². The summed E-state index contributed by atoms with van der Waals surface area (Å²) in [5.41, 5.74) is 23.4. The maximum absolute atomic E-state index is 6.82. The highest BCUT2D eigenvalue weighted by Crippen LogP contribution is 2.56. The molecule has 0 amide bonds. The lowest BCUT2D eigenvalue weighted by atomic mass is 9.44. The summed E-state index contributed by atoms with van der Waals surface area (Å²) in [7, 11) is 0. The number of nitrogens with zero attached hydrogens (tertiary/aromatic N) is 2. The molecular weight excluding hydrogens is 844 g/mol.